The van der Waals surface area contributed by atoms with Gasteiger partial charge in [-0.25, -0.2) is 15.7 Å². The third-order valence-corrected chi connectivity index (χ3v) is 6.28. The highest BCUT2D eigenvalue weighted by molar-refractivity contribution is 9.10. The van der Waals surface area contributed by atoms with Crippen molar-refractivity contribution in [3.8, 4) is 5.75 Å². The molecular formula is C17H18BrNO3S. The average molecular weight is 396 g/mol. The van der Waals surface area contributed by atoms with E-state index in [-0.39, 0.29) is 11.7 Å². The van der Waals surface area contributed by atoms with E-state index in [0.29, 0.717) is 16.6 Å². The highest BCUT2D eigenvalue weighted by Crippen LogP contribution is 2.41. The van der Waals surface area contributed by atoms with Crippen LogP contribution in [0.15, 0.2) is 39.6 Å². The molecule has 1 aliphatic rings. The number of halogens is 1. The molecule has 1 aliphatic heterocycles. The van der Waals surface area contributed by atoms with Crippen LogP contribution in [0, 0.1) is 0 Å². The number of nitrogens with zero attached hydrogens (tertiary/aromatic N) is 1. The number of aromatic nitrogens is 1. The molecule has 6 heteroatoms. The Labute approximate surface area is 145 Å². The van der Waals surface area contributed by atoms with Gasteiger partial charge in [-0.3, -0.25) is 0 Å². The molecule has 0 atom stereocenters. The molecule has 4 nitrogen and oxygen atoms in total. The SMILES string of the molecule is CCOC(=O)c1c(C[SH]2C=CC=C2)n(C)c2cc(Br)c(O)cc12. The van der Waals surface area contributed by atoms with Gasteiger partial charge in [-0.15, -0.1) is 0 Å². The summed E-state index contributed by atoms with van der Waals surface area (Å²) in [6.07, 6.45) is 4.08. The second-order valence-electron chi connectivity index (χ2n) is 5.28. The minimum Gasteiger partial charge on any atom is -0.507 e. The van der Waals surface area contributed by atoms with Crippen molar-refractivity contribution < 1.29 is 14.6 Å². The number of carbonyl (C=O) groups is 1. The number of phenolic OH excluding ortho intramolecular Hbond substituents is 1. The van der Waals surface area contributed by atoms with Gasteiger partial charge in [0.2, 0.25) is 0 Å². The summed E-state index contributed by atoms with van der Waals surface area (Å²) in [6, 6.07) is 3.47. The molecule has 0 saturated carbocycles. The van der Waals surface area contributed by atoms with Gasteiger partial charge >= 0.3 is 5.97 Å². The zero-order valence-corrected chi connectivity index (χ0v) is 15.4. The highest BCUT2D eigenvalue weighted by Gasteiger charge is 2.24. The van der Waals surface area contributed by atoms with E-state index in [1.807, 2.05) is 29.8 Å². The summed E-state index contributed by atoms with van der Waals surface area (Å²) < 4.78 is 7.88. The lowest BCUT2D eigenvalue weighted by molar-refractivity contribution is 0.0527. The predicted octanol–water partition coefficient (Wildman–Crippen LogP) is 4.37. The van der Waals surface area contributed by atoms with E-state index in [9.17, 15) is 9.90 Å². The molecule has 122 valence electrons. The summed E-state index contributed by atoms with van der Waals surface area (Å²) in [5.74, 6) is 0.559. The molecule has 0 bridgehead atoms. The maximum Gasteiger partial charge on any atom is 0.340 e. The number of carbonyl (C=O) groups excluding carboxylic acids is 1. The number of aromatic hydroxyl groups is 1. The lowest BCUT2D eigenvalue weighted by atomic mass is 10.1. The fraction of sp³-hybridized carbons (Fsp3) is 0.235. The number of allylic oxidation sites excluding steroid dienone is 2. The molecule has 0 radical (unpaired) electrons. The molecule has 1 N–H and O–H groups in total. The average Bonchev–Trinajstić information content (AvgIpc) is 3.10. The fourth-order valence-corrected chi connectivity index (χ4v) is 4.76. The number of phenols is 1. The van der Waals surface area contributed by atoms with Crippen molar-refractivity contribution in [2.75, 3.05) is 6.61 Å². The zero-order chi connectivity index (χ0) is 16.6. The summed E-state index contributed by atoms with van der Waals surface area (Å²) >= 11 is 3.34. The molecular weight excluding hydrogens is 378 g/mol. The summed E-state index contributed by atoms with van der Waals surface area (Å²) in [5.41, 5.74) is 2.40. The Bertz CT molecular complexity index is 826. The minimum atomic E-state index is -0.404. The molecule has 2 aromatic rings. The first-order valence-corrected chi connectivity index (χ1v) is 9.76. The van der Waals surface area contributed by atoms with Crippen LogP contribution in [0.5, 0.6) is 5.75 Å². The molecule has 23 heavy (non-hydrogen) atoms. The van der Waals surface area contributed by atoms with Crippen molar-refractivity contribution in [2.24, 2.45) is 7.05 Å². The number of hydrogen-bond donors (Lipinski definition) is 2. The third-order valence-electron chi connectivity index (χ3n) is 3.87. The minimum absolute atomic E-state index is 0.117. The highest BCUT2D eigenvalue weighted by atomic mass is 79.9. The Kier molecular flexibility index (Phi) is 4.55. The molecule has 0 aliphatic carbocycles. The van der Waals surface area contributed by atoms with Crippen LogP contribution < -0.4 is 0 Å². The molecule has 1 aromatic carbocycles. The van der Waals surface area contributed by atoms with Gasteiger partial charge in [-0.1, -0.05) is 12.2 Å². The van der Waals surface area contributed by atoms with Crippen molar-refractivity contribution in [2.45, 2.75) is 12.7 Å². The normalized spacial score (nSPS) is 14.8. The summed E-state index contributed by atoms with van der Waals surface area (Å²) in [7, 11) is 1.54. The quantitative estimate of drug-likeness (QED) is 0.596. The third kappa shape index (κ3) is 2.93. The number of aryl methyl sites for hydroxylation is 1. The van der Waals surface area contributed by atoms with E-state index < -0.39 is 10.9 Å². The van der Waals surface area contributed by atoms with Crippen LogP contribution in [0.3, 0.4) is 0 Å². The first-order chi connectivity index (χ1) is 11.0. The number of fused-ring (bicyclic) bond motifs is 1. The number of ether oxygens (including phenoxy) is 1. The Balaban J connectivity index is 2.20. The maximum absolute atomic E-state index is 12.5. The van der Waals surface area contributed by atoms with Crippen molar-refractivity contribution in [3.05, 3.63) is 50.8 Å². The lowest BCUT2D eigenvalue weighted by Gasteiger charge is -2.13. The van der Waals surface area contributed by atoms with Gasteiger partial charge in [-0.05, 0) is 45.8 Å². The van der Waals surface area contributed by atoms with Gasteiger partial charge in [0.05, 0.1) is 22.2 Å². The molecule has 2 heterocycles. The molecule has 3 rings (SSSR count). The smallest absolute Gasteiger partial charge is 0.340 e. The Hall–Kier alpha value is -1.66. The number of benzene rings is 1. The number of rotatable bonds is 4. The molecule has 0 spiro atoms. The van der Waals surface area contributed by atoms with Crippen molar-refractivity contribution in [3.63, 3.8) is 0 Å². The van der Waals surface area contributed by atoms with Crippen LogP contribution in [0.1, 0.15) is 23.0 Å². The molecule has 0 saturated heterocycles. The van der Waals surface area contributed by atoms with Crippen molar-refractivity contribution in [1.82, 2.24) is 4.57 Å². The number of hydrogen-bond acceptors (Lipinski definition) is 3. The number of esters is 1. The van der Waals surface area contributed by atoms with Crippen LogP contribution >= 0.6 is 26.8 Å². The molecule has 0 amide bonds. The first kappa shape index (κ1) is 16.2. The molecule has 0 fully saturated rings. The van der Waals surface area contributed by atoms with E-state index in [4.69, 9.17) is 4.74 Å². The Morgan fingerprint density at radius 1 is 1.35 bits per heavy atom. The summed E-state index contributed by atoms with van der Waals surface area (Å²) in [4.78, 5) is 12.5. The first-order valence-electron chi connectivity index (χ1n) is 7.30. The topological polar surface area (TPSA) is 51.5 Å². The Morgan fingerprint density at radius 2 is 2.04 bits per heavy atom. The Morgan fingerprint density at radius 3 is 2.70 bits per heavy atom. The van der Waals surface area contributed by atoms with Crippen molar-refractivity contribution >= 4 is 43.7 Å². The van der Waals surface area contributed by atoms with Crippen LogP contribution in [0.2, 0.25) is 0 Å². The molecule has 1 aromatic heterocycles. The summed E-state index contributed by atoms with van der Waals surface area (Å²) in [5, 5.41) is 15.1. The van der Waals surface area contributed by atoms with Crippen LogP contribution in [0.4, 0.5) is 0 Å². The van der Waals surface area contributed by atoms with Gasteiger partial charge in [-0.2, -0.15) is 0 Å². The van der Waals surface area contributed by atoms with Crippen LogP contribution in [0.25, 0.3) is 10.9 Å². The molecule has 0 unspecified atom stereocenters. The van der Waals surface area contributed by atoms with Crippen LogP contribution in [-0.4, -0.2) is 22.2 Å². The van der Waals surface area contributed by atoms with E-state index in [1.165, 1.54) is 0 Å². The largest absolute Gasteiger partial charge is 0.507 e. The second-order valence-corrected chi connectivity index (χ2v) is 8.07. The zero-order valence-electron chi connectivity index (χ0n) is 12.9. The van der Waals surface area contributed by atoms with E-state index in [2.05, 4.69) is 26.7 Å². The van der Waals surface area contributed by atoms with Gasteiger partial charge < -0.3 is 14.4 Å². The predicted molar refractivity (Wildman–Crippen MR) is 99.2 cm³/mol. The number of thiol groups is 1. The van der Waals surface area contributed by atoms with Gasteiger partial charge in [0.15, 0.2) is 0 Å². The monoisotopic (exact) mass is 395 g/mol. The summed E-state index contributed by atoms with van der Waals surface area (Å²) in [6.45, 7) is 2.12. The van der Waals surface area contributed by atoms with E-state index in [1.54, 1.807) is 13.0 Å². The van der Waals surface area contributed by atoms with Crippen LogP contribution in [-0.2, 0) is 17.5 Å². The van der Waals surface area contributed by atoms with E-state index >= 15 is 0 Å². The van der Waals surface area contributed by atoms with E-state index in [0.717, 1.165) is 22.3 Å². The second kappa shape index (κ2) is 6.45. The van der Waals surface area contributed by atoms with Crippen molar-refractivity contribution in [1.29, 1.82) is 0 Å². The fourth-order valence-electron chi connectivity index (χ4n) is 2.76. The lowest BCUT2D eigenvalue weighted by Crippen LogP contribution is -2.08. The van der Waals surface area contributed by atoms with Gasteiger partial charge in [0.25, 0.3) is 0 Å². The van der Waals surface area contributed by atoms with Gasteiger partial charge in [0.1, 0.15) is 5.75 Å². The maximum atomic E-state index is 12.5. The standard InChI is InChI=1S/C17H18BrNO3S/c1-3-22-17(21)16-11-8-15(20)12(18)9-13(11)19(2)14(16)10-23-6-4-5-7-23/h4-9,20,23H,3,10H2,1-2H3. The van der Waals surface area contributed by atoms with Gasteiger partial charge in [0, 0.05) is 23.9 Å².